The molecule has 1 atom stereocenters. The number of carbonyl (C=O) groups excluding carboxylic acids is 1. The number of hydrazine groups is 1. The number of nitrogen functional groups attached to an aromatic ring is 1. The molecule has 0 aliphatic carbocycles. The van der Waals surface area contributed by atoms with Gasteiger partial charge in [-0.2, -0.15) is 0 Å². The van der Waals surface area contributed by atoms with Crippen molar-refractivity contribution in [3.05, 3.63) is 17.7 Å². The molecule has 2 heterocycles. The molecular weight excluding hydrogens is 270 g/mol. The highest BCUT2D eigenvalue weighted by atomic mass is 16.3. The van der Waals surface area contributed by atoms with E-state index in [-0.39, 0.29) is 24.3 Å². The van der Waals surface area contributed by atoms with Crippen LogP contribution in [0.3, 0.4) is 0 Å². The van der Waals surface area contributed by atoms with Gasteiger partial charge in [0.05, 0.1) is 11.9 Å². The summed E-state index contributed by atoms with van der Waals surface area (Å²) in [7, 11) is 0. The van der Waals surface area contributed by atoms with Crippen LogP contribution in [-0.2, 0) is 0 Å². The van der Waals surface area contributed by atoms with Crippen molar-refractivity contribution in [2.75, 3.05) is 25.1 Å². The summed E-state index contributed by atoms with van der Waals surface area (Å²) in [6, 6.07) is 0. The summed E-state index contributed by atoms with van der Waals surface area (Å²) in [5, 5.41) is 9.28. The van der Waals surface area contributed by atoms with E-state index in [0.29, 0.717) is 30.3 Å². The number of carbonyl (C=O) groups is 1. The summed E-state index contributed by atoms with van der Waals surface area (Å²) < 4.78 is 0. The molecule has 1 fully saturated rings. The number of amides is 1. The number of aromatic nitrogens is 2. The van der Waals surface area contributed by atoms with Gasteiger partial charge in [-0.1, -0.05) is 13.8 Å². The molecular formula is C14H23N5O2. The van der Waals surface area contributed by atoms with E-state index >= 15 is 0 Å². The second-order valence-corrected chi connectivity index (χ2v) is 5.73. The number of anilines is 1. The Labute approximate surface area is 124 Å². The lowest BCUT2D eigenvalue weighted by Gasteiger charge is -2.32. The van der Waals surface area contributed by atoms with Crippen LogP contribution in [0.1, 0.15) is 48.9 Å². The molecule has 0 aromatic carbocycles. The molecule has 21 heavy (non-hydrogen) atoms. The Morgan fingerprint density at radius 3 is 3.00 bits per heavy atom. The Balaban J connectivity index is 2.26. The van der Waals surface area contributed by atoms with Crippen LogP contribution in [0.4, 0.5) is 5.69 Å². The molecule has 1 amide bonds. The number of hydrogen-bond donors (Lipinski definition) is 3. The molecule has 1 saturated heterocycles. The molecule has 1 aliphatic heterocycles. The molecule has 116 valence electrons. The maximum absolute atomic E-state index is 12.7. The van der Waals surface area contributed by atoms with E-state index in [2.05, 4.69) is 15.4 Å². The van der Waals surface area contributed by atoms with Gasteiger partial charge in [0, 0.05) is 25.6 Å². The minimum Gasteiger partial charge on any atom is -0.396 e. The number of aliphatic hydroxyl groups is 1. The van der Waals surface area contributed by atoms with Crippen molar-refractivity contribution in [3.8, 4) is 0 Å². The summed E-state index contributed by atoms with van der Waals surface area (Å²) in [6.07, 6.45) is 3.39. The minimum atomic E-state index is -0.162. The van der Waals surface area contributed by atoms with Crippen LogP contribution in [0.15, 0.2) is 6.20 Å². The van der Waals surface area contributed by atoms with E-state index in [0.717, 1.165) is 12.8 Å². The largest absolute Gasteiger partial charge is 0.396 e. The summed E-state index contributed by atoms with van der Waals surface area (Å²) >= 11 is 0. The molecule has 1 aromatic rings. The number of likely N-dealkylation sites (tertiary alicyclic amines) is 1. The lowest BCUT2D eigenvalue weighted by atomic mass is 9.99. The molecule has 0 radical (unpaired) electrons. The van der Waals surface area contributed by atoms with Crippen molar-refractivity contribution >= 4 is 11.6 Å². The fourth-order valence-corrected chi connectivity index (χ4v) is 2.49. The molecule has 4 N–H and O–H groups in total. The van der Waals surface area contributed by atoms with Gasteiger partial charge < -0.3 is 15.4 Å². The molecule has 0 saturated carbocycles. The minimum absolute atomic E-state index is 0.104. The molecule has 7 nitrogen and oxygen atoms in total. The third-order valence-corrected chi connectivity index (χ3v) is 3.75. The number of nitrogens with one attached hydrogen (secondary N) is 1. The van der Waals surface area contributed by atoms with Crippen LogP contribution in [-0.4, -0.2) is 45.6 Å². The lowest BCUT2D eigenvalue weighted by molar-refractivity contribution is 0.0615. The van der Waals surface area contributed by atoms with Crippen molar-refractivity contribution in [2.24, 2.45) is 11.8 Å². The van der Waals surface area contributed by atoms with Gasteiger partial charge in [0.15, 0.2) is 5.69 Å². The average molecular weight is 293 g/mol. The van der Waals surface area contributed by atoms with Crippen LogP contribution >= 0.6 is 0 Å². The Kier molecular flexibility index (Phi) is 5.08. The number of rotatable bonds is 4. The molecule has 1 unspecified atom stereocenters. The summed E-state index contributed by atoms with van der Waals surface area (Å²) in [6.45, 7) is 5.29. The predicted molar refractivity (Wildman–Crippen MR) is 79.6 cm³/mol. The predicted octanol–water partition coefficient (Wildman–Crippen LogP) is 0.730. The second kappa shape index (κ2) is 6.82. The molecule has 0 spiro atoms. The van der Waals surface area contributed by atoms with Crippen LogP contribution in [0.5, 0.6) is 0 Å². The smallest absolute Gasteiger partial charge is 0.274 e. The van der Waals surface area contributed by atoms with Crippen LogP contribution < -0.4 is 11.3 Å². The van der Waals surface area contributed by atoms with Crippen LogP contribution in [0, 0.1) is 5.92 Å². The highest BCUT2D eigenvalue weighted by Gasteiger charge is 2.27. The highest BCUT2D eigenvalue weighted by molar-refractivity contribution is 5.97. The third-order valence-electron chi connectivity index (χ3n) is 3.75. The fraction of sp³-hybridized carbons (Fsp3) is 0.643. The molecule has 7 heteroatoms. The molecule has 1 aromatic heterocycles. The van der Waals surface area contributed by atoms with E-state index in [1.165, 1.54) is 0 Å². The van der Waals surface area contributed by atoms with Crippen LogP contribution in [0.25, 0.3) is 0 Å². The van der Waals surface area contributed by atoms with Gasteiger partial charge in [-0.3, -0.25) is 10.6 Å². The van der Waals surface area contributed by atoms with Gasteiger partial charge >= 0.3 is 0 Å². The number of aliphatic hydroxyl groups excluding tert-OH is 1. The first-order chi connectivity index (χ1) is 10.1. The quantitative estimate of drug-likeness (QED) is 0.558. The van der Waals surface area contributed by atoms with Crippen molar-refractivity contribution in [2.45, 2.75) is 32.6 Å². The van der Waals surface area contributed by atoms with Crippen LogP contribution in [0.2, 0.25) is 0 Å². The maximum atomic E-state index is 12.7. The van der Waals surface area contributed by atoms with E-state index in [9.17, 15) is 9.90 Å². The molecule has 1 aliphatic rings. The zero-order valence-electron chi connectivity index (χ0n) is 12.5. The first-order valence-electron chi connectivity index (χ1n) is 7.30. The Morgan fingerprint density at radius 2 is 2.38 bits per heavy atom. The fourth-order valence-electron chi connectivity index (χ4n) is 2.49. The number of hydrogen-bond acceptors (Lipinski definition) is 6. The van der Waals surface area contributed by atoms with Gasteiger partial charge in [-0.05, 0) is 18.8 Å². The van der Waals surface area contributed by atoms with Crippen molar-refractivity contribution in [3.63, 3.8) is 0 Å². The first kappa shape index (κ1) is 15.7. The topological polar surface area (TPSA) is 104 Å². The van der Waals surface area contributed by atoms with Gasteiger partial charge in [0.2, 0.25) is 0 Å². The van der Waals surface area contributed by atoms with Gasteiger partial charge in [-0.25, -0.2) is 9.97 Å². The first-order valence-corrected chi connectivity index (χ1v) is 7.30. The normalized spacial score (nSPS) is 18.9. The second-order valence-electron chi connectivity index (χ2n) is 5.73. The highest BCUT2D eigenvalue weighted by Crippen LogP contribution is 2.21. The average Bonchev–Trinajstić information content (AvgIpc) is 2.53. The maximum Gasteiger partial charge on any atom is 0.274 e. The lowest BCUT2D eigenvalue weighted by Crippen LogP contribution is -2.41. The Bertz CT molecular complexity index is 506. The molecule has 0 bridgehead atoms. The number of piperidine rings is 1. The summed E-state index contributed by atoms with van der Waals surface area (Å²) in [5.41, 5.74) is 3.21. The van der Waals surface area contributed by atoms with Crippen molar-refractivity contribution < 1.29 is 9.90 Å². The van der Waals surface area contributed by atoms with Gasteiger partial charge in [-0.15, -0.1) is 0 Å². The standard InChI is InChI=1S/C14H23N5O2/c1-9(2)13-16-6-11(18-15)12(17-13)14(21)19-5-3-4-10(7-19)8-20/h6,9-10,18,20H,3-5,7-8,15H2,1-2H3. The third kappa shape index (κ3) is 3.48. The number of nitrogens with zero attached hydrogens (tertiary/aromatic N) is 3. The van der Waals surface area contributed by atoms with Crippen molar-refractivity contribution in [1.29, 1.82) is 0 Å². The van der Waals surface area contributed by atoms with Crippen molar-refractivity contribution in [1.82, 2.24) is 14.9 Å². The monoisotopic (exact) mass is 293 g/mol. The SMILES string of the molecule is CC(C)c1ncc(NN)c(C(=O)N2CCCC(CO)C2)n1. The van der Waals surface area contributed by atoms with E-state index in [4.69, 9.17) is 5.84 Å². The van der Waals surface area contributed by atoms with Gasteiger partial charge in [0.1, 0.15) is 5.82 Å². The number of nitrogens with two attached hydrogens (primary N) is 1. The van der Waals surface area contributed by atoms with E-state index < -0.39 is 0 Å². The molecule has 2 rings (SSSR count). The Morgan fingerprint density at radius 1 is 1.62 bits per heavy atom. The van der Waals surface area contributed by atoms with E-state index in [1.54, 1.807) is 11.1 Å². The Hall–Kier alpha value is -1.73. The van der Waals surface area contributed by atoms with E-state index in [1.807, 2.05) is 13.8 Å². The summed E-state index contributed by atoms with van der Waals surface area (Å²) in [4.78, 5) is 23.0. The zero-order valence-corrected chi connectivity index (χ0v) is 12.5. The summed E-state index contributed by atoms with van der Waals surface area (Å²) in [5.74, 6) is 6.19. The van der Waals surface area contributed by atoms with Gasteiger partial charge in [0.25, 0.3) is 5.91 Å². The zero-order chi connectivity index (χ0) is 15.4.